The first-order chi connectivity index (χ1) is 10.8. The average molecular weight is 298 g/mol. The standard InChI is InChI=1S/C18H26N4/c1-3-11-20-18(19-2)22-15-13-21(14-16-22)12-7-10-17-8-5-4-6-9-17/h3-10H,1,11-16H2,2H3,(H,19,20)/b10-7+. The summed E-state index contributed by atoms with van der Waals surface area (Å²) in [4.78, 5) is 9.10. The van der Waals surface area contributed by atoms with E-state index in [1.54, 1.807) is 0 Å². The maximum Gasteiger partial charge on any atom is 0.193 e. The third kappa shape index (κ3) is 5.04. The van der Waals surface area contributed by atoms with Gasteiger partial charge in [-0.25, -0.2) is 0 Å². The first-order valence-electron chi connectivity index (χ1n) is 7.84. The van der Waals surface area contributed by atoms with Gasteiger partial charge in [-0.15, -0.1) is 6.58 Å². The van der Waals surface area contributed by atoms with Crippen molar-refractivity contribution in [2.75, 3.05) is 46.3 Å². The molecule has 0 saturated carbocycles. The lowest BCUT2D eigenvalue weighted by Crippen LogP contribution is -2.52. The van der Waals surface area contributed by atoms with Crippen molar-refractivity contribution in [2.24, 2.45) is 4.99 Å². The summed E-state index contributed by atoms with van der Waals surface area (Å²) >= 11 is 0. The Labute approximate surface area is 133 Å². The first kappa shape index (κ1) is 16.3. The van der Waals surface area contributed by atoms with Crippen LogP contribution < -0.4 is 5.32 Å². The number of hydrogen-bond donors (Lipinski definition) is 1. The molecule has 1 aliphatic heterocycles. The summed E-state index contributed by atoms with van der Waals surface area (Å²) in [5.74, 6) is 0.972. The van der Waals surface area contributed by atoms with Gasteiger partial charge in [0.25, 0.3) is 0 Å². The lowest BCUT2D eigenvalue weighted by Gasteiger charge is -2.36. The van der Waals surface area contributed by atoms with Crippen LogP contribution in [0.4, 0.5) is 0 Å². The molecule has 4 heteroatoms. The third-order valence-electron chi connectivity index (χ3n) is 3.76. The molecule has 118 valence electrons. The molecule has 0 bridgehead atoms. The summed E-state index contributed by atoms with van der Waals surface area (Å²) in [5, 5.41) is 3.29. The Balaban J connectivity index is 1.75. The van der Waals surface area contributed by atoms with Crippen molar-refractivity contribution in [3.63, 3.8) is 0 Å². The second-order valence-corrected chi connectivity index (χ2v) is 5.32. The predicted octanol–water partition coefficient (Wildman–Crippen LogP) is 2.08. The summed E-state index contributed by atoms with van der Waals surface area (Å²) in [6.07, 6.45) is 6.29. The Morgan fingerprint density at radius 1 is 1.23 bits per heavy atom. The van der Waals surface area contributed by atoms with Crippen LogP contribution in [-0.2, 0) is 0 Å². The first-order valence-corrected chi connectivity index (χ1v) is 7.84. The van der Waals surface area contributed by atoms with Gasteiger partial charge in [0.15, 0.2) is 5.96 Å². The topological polar surface area (TPSA) is 30.9 Å². The molecule has 22 heavy (non-hydrogen) atoms. The van der Waals surface area contributed by atoms with E-state index in [0.717, 1.165) is 45.2 Å². The monoisotopic (exact) mass is 298 g/mol. The molecule has 0 radical (unpaired) electrons. The number of rotatable bonds is 5. The fraction of sp³-hybridized carbons (Fsp3) is 0.389. The van der Waals surface area contributed by atoms with Gasteiger partial charge >= 0.3 is 0 Å². The van der Waals surface area contributed by atoms with Crippen molar-refractivity contribution in [3.8, 4) is 0 Å². The molecule has 0 aromatic heterocycles. The molecule has 1 fully saturated rings. The summed E-state index contributed by atoms with van der Waals surface area (Å²) < 4.78 is 0. The van der Waals surface area contributed by atoms with Crippen molar-refractivity contribution in [2.45, 2.75) is 0 Å². The highest BCUT2D eigenvalue weighted by molar-refractivity contribution is 5.80. The van der Waals surface area contributed by atoms with Crippen molar-refractivity contribution in [1.29, 1.82) is 0 Å². The average Bonchev–Trinajstić information content (AvgIpc) is 2.58. The summed E-state index contributed by atoms with van der Waals surface area (Å²) in [6.45, 7) is 9.64. The Bertz CT molecular complexity index is 499. The van der Waals surface area contributed by atoms with Gasteiger partial charge in [0.2, 0.25) is 0 Å². The number of hydrogen-bond acceptors (Lipinski definition) is 2. The fourth-order valence-electron chi connectivity index (χ4n) is 2.54. The number of guanidine groups is 1. The third-order valence-corrected chi connectivity index (χ3v) is 3.76. The lowest BCUT2D eigenvalue weighted by molar-refractivity contribution is 0.195. The Hall–Kier alpha value is -2.07. The zero-order valence-electron chi connectivity index (χ0n) is 13.4. The van der Waals surface area contributed by atoms with E-state index in [1.165, 1.54) is 5.56 Å². The van der Waals surface area contributed by atoms with Crippen molar-refractivity contribution >= 4 is 12.0 Å². The molecule has 0 amide bonds. The van der Waals surface area contributed by atoms with Crippen molar-refractivity contribution < 1.29 is 0 Å². The summed E-state index contributed by atoms with van der Waals surface area (Å²) in [7, 11) is 1.83. The van der Waals surface area contributed by atoms with Crippen LogP contribution in [0.2, 0.25) is 0 Å². The summed E-state index contributed by atoms with van der Waals surface area (Å²) in [5.41, 5.74) is 1.26. The number of piperazine rings is 1. The van der Waals surface area contributed by atoms with Gasteiger partial charge < -0.3 is 10.2 Å². The maximum absolute atomic E-state index is 4.33. The molecular weight excluding hydrogens is 272 g/mol. The van der Waals surface area contributed by atoms with E-state index in [4.69, 9.17) is 0 Å². The van der Waals surface area contributed by atoms with Gasteiger partial charge in [-0.2, -0.15) is 0 Å². The highest BCUT2D eigenvalue weighted by atomic mass is 15.3. The summed E-state index contributed by atoms with van der Waals surface area (Å²) in [6, 6.07) is 10.4. The Kier molecular flexibility index (Phi) is 6.71. The lowest BCUT2D eigenvalue weighted by atomic mass is 10.2. The minimum Gasteiger partial charge on any atom is -0.353 e. The number of aliphatic imine (C=N–C) groups is 1. The van der Waals surface area contributed by atoms with Crippen LogP contribution in [0, 0.1) is 0 Å². The molecule has 4 nitrogen and oxygen atoms in total. The molecule has 0 atom stereocenters. The van der Waals surface area contributed by atoms with E-state index < -0.39 is 0 Å². The van der Waals surface area contributed by atoms with E-state index in [-0.39, 0.29) is 0 Å². The normalized spacial score (nSPS) is 17.0. The van der Waals surface area contributed by atoms with Crippen LogP contribution in [0.15, 0.2) is 54.1 Å². The number of benzene rings is 1. The van der Waals surface area contributed by atoms with Gasteiger partial charge in [0.05, 0.1) is 0 Å². The van der Waals surface area contributed by atoms with Crippen LogP contribution in [0.5, 0.6) is 0 Å². The SMILES string of the molecule is C=CCNC(=NC)N1CCN(C/C=C/c2ccccc2)CC1. The van der Waals surface area contributed by atoms with E-state index in [2.05, 4.69) is 63.1 Å². The smallest absolute Gasteiger partial charge is 0.193 e. The molecule has 1 saturated heterocycles. The minimum absolute atomic E-state index is 0.757. The molecular formula is C18H26N4. The van der Waals surface area contributed by atoms with Gasteiger partial charge in [0, 0.05) is 46.3 Å². The molecule has 1 aromatic carbocycles. The maximum atomic E-state index is 4.33. The number of nitrogens with zero attached hydrogens (tertiary/aromatic N) is 3. The van der Waals surface area contributed by atoms with Crippen LogP contribution in [0.3, 0.4) is 0 Å². The van der Waals surface area contributed by atoms with Crippen molar-refractivity contribution in [1.82, 2.24) is 15.1 Å². The van der Waals surface area contributed by atoms with Crippen LogP contribution in [-0.4, -0.2) is 62.1 Å². The largest absolute Gasteiger partial charge is 0.353 e. The van der Waals surface area contributed by atoms with Crippen LogP contribution in [0.1, 0.15) is 5.56 Å². The van der Waals surface area contributed by atoms with Gasteiger partial charge in [-0.05, 0) is 5.56 Å². The predicted molar refractivity (Wildman–Crippen MR) is 95.0 cm³/mol. The van der Waals surface area contributed by atoms with Crippen LogP contribution in [0.25, 0.3) is 6.08 Å². The van der Waals surface area contributed by atoms with Gasteiger partial charge in [-0.3, -0.25) is 9.89 Å². The zero-order chi connectivity index (χ0) is 15.6. The minimum atomic E-state index is 0.757. The molecule has 1 heterocycles. The molecule has 0 unspecified atom stereocenters. The van der Waals surface area contributed by atoms with E-state index in [0.29, 0.717) is 0 Å². The molecule has 1 aromatic rings. The molecule has 0 aliphatic carbocycles. The van der Waals surface area contributed by atoms with Gasteiger partial charge in [-0.1, -0.05) is 48.6 Å². The zero-order valence-corrected chi connectivity index (χ0v) is 13.4. The molecule has 1 N–H and O–H groups in total. The fourth-order valence-corrected chi connectivity index (χ4v) is 2.54. The van der Waals surface area contributed by atoms with E-state index in [1.807, 2.05) is 19.2 Å². The Morgan fingerprint density at radius 2 is 1.95 bits per heavy atom. The van der Waals surface area contributed by atoms with E-state index >= 15 is 0 Å². The quantitative estimate of drug-likeness (QED) is 0.513. The van der Waals surface area contributed by atoms with E-state index in [9.17, 15) is 0 Å². The molecule has 1 aliphatic rings. The molecule has 2 rings (SSSR count). The van der Waals surface area contributed by atoms with Crippen LogP contribution >= 0.6 is 0 Å². The second kappa shape index (κ2) is 9.05. The highest BCUT2D eigenvalue weighted by Crippen LogP contribution is 2.04. The Morgan fingerprint density at radius 3 is 2.59 bits per heavy atom. The molecule has 0 spiro atoms. The highest BCUT2D eigenvalue weighted by Gasteiger charge is 2.18. The van der Waals surface area contributed by atoms with Crippen molar-refractivity contribution in [3.05, 3.63) is 54.6 Å². The number of nitrogens with one attached hydrogen (secondary N) is 1. The van der Waals surface area contributed by atoms with Gasteiger partial charge in [0.1, 0.15) is 0 Å². The second-order valence-electron chi connectivity index (χ2n) is 5.32.